The summed E-state index contributed by atoms with van der Waals surface area (Å²) in [5, 5.41) is 3.91. The predicted molar refractivity (Wildman–Crippen MR) is 129 cm³/mol. The van der Waals surface area contributed by atoms with E-state index >= 15 is 0 Å². The van der Waals surface area contributed by atoms with Crippen LogP contribution in [0.4, 0.5) is 0 Å². The lowest BCUT2D eigenvalue weighted by atomic mass is 10.0. The van der Waals surface area contributed by atoms with Crippen molar-refractivity contribution in [1.82, 2.24) is 10.2 Å². The van der Waals surface area contributed by atoms with Crippen LogP contribution in [0.2, 0.25) is 10.0 Å². The van der Waals surface area contributed by atoms with Crippen LogP contribution in [0.1, 0.15) is 55.9 Å². The molecule has 6 heteroatoms. The van der Waals surface area contributed by atoms with Crippen molar-refractivity contribution in [1.29, 1.82) is 0 Å². The average molecular weight is 463 g/mol. The van der Waals surface area contributed by atoms with Crippen LogP contribution in [0.25, 0.3) is 0 Å². The number of hydrogen-bond donors (Lipinski definition) is 1. The van der Waals surface area contributed by atoms with Gasteiger partial charge in [-0.15, -0.1) is 0 Å². The largest absolute Gasteiger partial charge is 0.352 e. The van der Waals surface area contributed by atoms with Crippen LogP contribution in [0.3, 0.4) is 0 Å². The number of hydrogen-bond acceptors (Lipinski definition) is 2. The molecule has 2 aromatic carbocycles. The van der Waals surface area contributed by atoms with E-state index in [0.29, 0.717) is 16.5 Å². The summed E-state index contributed by atoms with van der Waals surface area (Å²) in [6.45, 7) is 10.2. The summed E-state index contributed by atoms with van der Waals surface area (Å²) >= 11 is 12.2. The molecule has 0 spiro atoms. The van der Waals surface area contributed by atoms with Crippen molar-refractivity contribution >= 4 is 35.0 Å². The van der Waals surface area contributed by atoms with E-state index < -0.39 is 6.04 Å². The Hall–Kier alpha value is -2.04. The van der Waals surface area contributed by atoms with Gasteiger partial charge in [-0.25, -0.2) is 0 Å². The Bertz CT molecular complexity index is 909. The Kier molecular flexibility index (Phi) is 9.39. The first-order valence-electron chi connectivity index (χ1n) is 10.8. The second kappa shape index (κ2) is 11.5. The van der Waals surface area contributed by atoms with Crippen LogP contribution in [-0.4, -0.2) is 28.8 Å². The third kappa shape index (κ3) is 7.26. The van der Waals surface area contributed by atoms with Gasteiger partial charge in [-0.3, -0.25) is 9.59 Å². The molecule has 0 aliphatic heterocycles. The van der Waals surface area contributed by atoms with Gasteiger partial charge < -0.3 is 10.2 Å². The molecular weight excluding hydrogens is 431 g/mol. The summed E-state index contributed by atoms with van der Waals surface area (Å²) in [6.07, 6.45) is 1.57. The molecule has 2 atom stereocenters. The molecule has 2 amide bonds. The van der Waals surface area contributed by atoms with Crippen LogP contribution >= 0.6 is 23.2 Å². The molecule has 0 radical (unpaired) electrons. The number of carbonyl (C=O) groups is 2. The maximum Gasteiger partial charge on any atom is 0.243 e. The molecule has 4 nitrogen and oxygen atoms in total. The highest BCUT2D eigenvalue weighted by Gasteiger charge is 2.29. The van der Waals surface area contributed by atoms with Crippen molar-refractivity contribution in [3.63, 3.8) is 0 Å². The number of carbonyl (C=O) groups excluding carboxylic acids is 2. The molecule has 0 aliphatic rings. The first kappa shape index (κ1) is 25.2. The first-order valence-corrected chi connectivity index (χ1v) is 11.5. The molecule has 2 aromatic rings. The van der Waals surface area contributed by atoms with E-state index in [1.54, 1.807) is 17.0 Å². The minimum absolute atomic E-state index is 0.0444. The standard InChI is InChI=1S/C25H32Cl2N2O2/c1-6-18(5)28-25(31)23(7-2)29(15-19-8-9-21(26)22(27)13-19)24(30)14-20-11-16(3)10-17(4)12-20/h8-13,18,23H,6-7,14-15H2,1-5H3,(H,28,31)/t18-,23+/m1/s1. The number of rotatable bonds is 9. The number of nitrogens with one attached hydrogen (secondary N) is 1. The fourth-order valence-electron chi connectivity index (χ4n) is 3.64. The molecule has 0 aromatic heterocycles. The van der Waals surface area contributed by atoms with Gasteiger partial charge in [0.1, 0.15) is 6.04 Å². The van der Waals surface area contributed by atoms with Crippen molar-refractivity contribution in [2.75, 3.05) is 0 Å². The quantitative estimate of drug-likeness (QED) is 0.505. The Balaban J connectivity index is 2.35. The molecule has 0 heterocycles. The summed E-state index contributed by atoms with van der Waals surface area (Å²) in [6, 6.07) is 10.9. The van der Waals surface area contributed by atoms with Gasteiger partial charge in [-0.1, -0.05) is 72.4 Å². The lowest BCUT2D eigenvalue weighted by molar-refractivity contribution is -0.141. The molecule has 0 fully saturated rings. The molecule has 0 bridgehead atoms. The predicted octanol–water partition coefficient (Wildman–Crippen LogP) is 5.87. The lowest BCUT2D eigenvalue weighted by Crippen LogP contribution is -2.51. The maximum absolute atomic E-state index is 13.4. The lowest BCUT2D eigenvalue weighted by Gasteiger charge is -2.31. The molecule has 31 heavy (non-hydrogen) atoms. The van der Waals surface area contributed by atoms with E-state index in [1.807, 2.05) is 52.8 Å². The second-order valence-corrected chi connectivity index (χ2v) is 9.00. The third-order valence-electron chi connectivity index (χ3n) is 5.36. The van der Waals surface area contributed by atoms with Gasteiger partial charge in [0, 0.05) is 12.6 Å². The summed E-state index contributed by atoms with van der Waals surface area (Å²) < 4.78 is 0. The fourth-order valence-corrected chi connectivity index (χ4v) is 3.96. The molecular formula is C25H32Cl2N2O2. The molecule has 0 saturated heterocycles. The number of amides is 2. The van der Waals surface area contributed by atoms with E-state index in [2.05, 4.69) is 11.4 Å². The number of aryl methyl sites for hydroxylation is 2. The Labute approximate surface area is 195 Å². The van der Waals surface area contributed by atoms with E-state index in [1.165, 1.54) is 0 Å². The van der Waals surface area contributed by atoms with Gasteiger partial charge in [0.05, 0.1) is 16.5 Å². The highest BCUT2D eigenvalue weighted by atomic mass is 35.5. The molecule has 0 saturated carbocycles. The number of halogens is 2. The second-order valence-electron chi connectivity index (χ2n) is 8.18. The zero-order valence-corrected chi connectivity index (χ0v) is 20.5. The summed E-state index contributed by atoms with van der Waals surface area (Å²) in [4.78, 5) is 28.1. The SMILES string of the molecule is CC[C@@H](C)NC(=O)[C@H](CC)N(Cc1ccc(Cl)c(Cl)c1)C(=O)Cc1cc(C)cc(C)c1. The minimum Gasteiger partial charge on any atom is -0.352 e. The van der Waals surface area contributed by atoms with E-state index in [9.17, 15) is 9.59 Å². The van der Waals surface area contributed by atoms with Gasteiger partial charge >= 0.3 is 0 Å². The average Bonchev–Trinajstić information content (AvgIpc) is 2.69. The first-order chi connectivity index (χ1) is 14.6. The van der Waals surface area contributed by atoms with E-state index in [-0.39, 0.29) is 30.8 Å². The Morgan fingerprint density at radius 3 is 2.13 bits per heavy atom. The monoisotopic (exact) mass is 462 g/mol. The molecule has 0 unspecified atom stereocenters. The zero-order chi connectivity index (χ0) is 23.1. The number of benzene rings is 2. The van der Waals surface area contributed by atoms with E-state index in [0.717, 1.165) is 28.7 Å². The summed E-state index contributed by atoms with van der Waals surface area (Å²) in [7, 11) is 0. The normalized spacial score (nSPS) is 12.9. The topological polar surface area (TPSA) is 49.4 Å². The summed E-state index contributed by atoms with van der Waals surface area (Å²) in [5.41, 5.74) is 4.00. The van der Waals surface area contributed by atoms with Crippen molar-refractivity contribution in [3.8, 4) is 0 Å². The Morgan fingerprint density at radius 1 is 0.935 bits per heavy atom. The van der Waals surface area contributed by atoms with Crippen LogP contribution in [0.15, 0.2) is 36.4 Å². The fraction of sp³-hybridized carbons (Fsp3) is 0.440. The Morgan fingerprint density at radius 2 is 1.58 bits per heavy atom. The van der Waals surface area contributed by atoms with Crippen LogP contribution in [-0.2, 0) is 22.6 Å². The van der Waals surface area contributed by atoms with Crippen molar-refractivity contribution in [2.45, 2.75) is 72.5 Å². The van der Waals surface area contributed by atoms with E-state index in [4.69, 9.17) is 23.2 Å². The molecule has 1 N–H and O–H groups in total. The van der Waals surface area contributed by atoms with Gasteiger partial charge in [0.15, 0.2) is 0 Å². The van der Waals surface area contributed by atoms with Crippen LogP contribution in [0, 0.1) is 13.8 Å². The highest BCUT2D eigenvalue weighted by Crippen LogP contribution is 2.24. The van der Waals surface area contributed by atoms with Crippen molar-refractivity contribution < 1.29 is 9.59 Å². The maximum atomic E-state index is 13.4. The van der Waals surface area contributed by atoms with Crippen LogP contribution < -0.4 is 5.32 Å². The third-order valence-corrected chi connectivity index (χ3v) is 6.10. The minimum atomic E-state index is -0.568. The van der Waals surface area contributed by atoms with Gasteiger partial charge in [0.25, 0.3) is 0 Å². The highest BCUT2D eigenvalue weighted by molar-refractivity contribution is 6.42. The van der Waals surface area contributed by atoms with Crippen molar-refractivity contribution in [2.24, 2.45) is 0 Å². The summed E-state index contributed by atoms with van der Waals surface area (Å²) in [5.74, 6) is -0.229. The van der Waals surface area contributed by atoms with Crippen LogP contribution in [0.5, 0.6) is 0 Å². The van der Waals surface area contributed by atoms with Gasteiger partial charge in [0.2, 0.25) is 11.8 Å². The van der Waals surface area contributed by atoms with Gasteiger partial charge in [-0.2, -0.15) is 0 Å². The zero-order valence-electron chi connectivity index (χ0n) is 19.0. The molecule has 168 valence electrons. The van der Waals surface area contributed by atoms with Gasteiger partial charge in [-0.05, 0) is 56.9 Å². The molecule has 2 rings (SSSR count). The smallest absolute Gasteiger partial charge is 0.243 e. The van der Waals surface area contributed by atoms with Crippen molar-refractivity contribution in [3.05, 3.63) is 68.7 Å². The number of nitrogens with zero attached hydrogens (tertiary/aromatic N) is 1. The molecule has 0 aliphatic carbocycles.